The summed E-state index contributed by atoms with van der Waals surface area (Å²) >= 11 is 0. The minimum absolute atomic E-state index is 0.553. The SMILES string of the molecule is CC1CN(CN)CCN1CN. The highest BCUT2D eigenvalue weighted by Gasteiger charge is 2.20. The Morgan fingerprint density at radius 3 is 2.45 bits per heavy atom. The summed E-state index contributed by atoms with van der Waals surface area (Å²) in [5.41, 5.74) is 11.1. The molecular formula is C7H18N4. The van der Waals surface area contributed by atoms with E-state index in [-0.39, 0.29) is 0 Å². The molecule has 0 aromatic heterocycles. The van der Waals surface area contributed by atoms with Gasteiger partial charge in [0.1, 0.15) is 0 Å². The van der Waals surface area contributed by atoms with Crippen LogP contribution in [0, 0.1) is 0 Å². The van der Waals surface area contributed by atoms with Gasteiger partial charge in [0.15, 0.2) is 0 Å². The van der Waals surface area contributed by atoms with Gasteiger partial charge in [0.05, 0.1) is 0 Å². The summed E-state index contributed by atoms with van der Waals surface area (Å²) in [6.07, 6.45) is 0. The van der Waals surface area contributed by atoms with Gasteiger partial charge in [-0.1, -0.05) is 0 Å². The summed E-state index contributed by atoms with van der Waals surface area (Å²) in [7, 11) is 0. The molecule has 0 aromatic rings. The first-order chi connectivity index (χ1) is 5.27. The van der Waals surface area contributed by atoms with Crippen LogP contribution in [0.3, 0.4) is 0 Å². The van der Waals surface area contributed by atoms with Crippen molar-refractivity contribution in [2.45, 2.75) is 13.0 Å². The first-order valence-electron chi connectivity index (χ1n) is 4.14. The molecule has 0 radical (unpaired) electrons. The average Bonchev–Trinajstić information content (AvgIpc) is 2.04. The Balaban J connectivity index is 2.34. The molecule has 1 unspecified atom stereocenters. The number of nitrogens with zero attached hydrogens (tertiary/aromatic N) is 2. The molecule has 0 aromatic carbocycles. The van der Waals surface area contributed by atoms with Gasteiger partial charge in [0.2, 0.25) is 0 Å². The van der Waals surface area contributed by atoms with Gasteiger partial charge < -0.3 is 11.5 Å². The lowest BCUT2D eigenvalue weighted by atomic mass is 10.2. The number of nitrogens with two attached hydrogens (primary N) is 2. The van der Waals surface area contributed by atoms with E-state index in [1.807, 2.05) is 0 Å². The van der Waals surface area contributed by atoms with E-state index in [0.717, 1.165) is 19.6 Å². The lowest BCUT2D eigenvalue weighted by molar-refractivity contribution is 0.0876. The second-order valence-electron chi connectivity index (χ2n) is 3.10. The van der Waals surface area contributed by atoms with Gasteiger partial charge in [-0.3, -0.25) is 9.80 Å². The van der Waals surface area contributed by atoms with Crippen LogP contribution in [-0.4, -0.2) is 48.8 Å². The van der Waals surface area contributed by atoms with Crippen molar-refractivity contribution in [1.82, 2.24) is 9.80 Å². The highest BCUT2D eigenvalue weighted by molar-refractivity contribution is 4.76. The summed E-state index contributed by atoms with van der Waals surface area (Å²) in [5, 5.41) is 0. The maximum Gasteiger partial charge on any atom is 0.0458 e. The van der Waals surface area contributed by atoms with Crippen molar-refractivity contribution in [3.63, 3.8) is 0 Å². The molecule has 1 aliphatic rings. The average molecular weight is 158 g/mol. The van der Waals surface area contributed by atoms with E-state index >= 15 is 0 Å². The molecule has 11 heavy (non-hydrogen) atoms. The van der Waals surface area contributed by atoms with E-state index in [9.17, 15) is 0 Å². The molecule has 1 rings (SSSR count). The Bertz CT molecular complexity index is 117. The molecule has 1 fully saturated rings. The van der Waals surface area contributed by atoms with Crippen molar-refractivity contribution in [1.29, 1.82) is 0 Å². The van der Waals surface area contributed by atoms with Gasteiger partial charge in [-0.2, -0.15) is 0 Å². The normalized spacial score (nSPS) is 29.2. The van der Waals surface area contributed by atoms with Gasteiger partial charge in [0, 0.05) is 39.0 Å². The van der Waals surface area contributed by atoms with Gasteiger partial charge in [-0.05, 0) is 6.92 Å². The van der Waals surface area contributed by atoms with Crippen LogP contribution >= 0.6 is 0 Å². The largest absolute Gasteiger partial charge is 0.318 e. The summed E-state index contributed by atoms with van der Waals surface area (Å²) in [5.74, 6) is 0. The zero-order valence-corrected chi connectivity index (χ0v) is 7.16. The maximum atomic E-state index is 5.56. The minimum Gasteiger partial charge on any atom is -0.318 e. The third-order valence-corrected chi connectivity index (χ3v) is 2.34. The van der Waals surface area contributed by atoms with Crippen molar-refractivity contribution in [2.24, 2.45) is 11.5 Å². The number of rotatable bonds is 2. The monoisotopic (exact) mass is 158 g/mol. The van der Waals surface area contributed by atoms with Gasteiger partial charge in [-0.25, -0.2) is 0 Å². The van der Waals surface area contributed by atoms with Crippen LogP contribution in [0.1, 0.15) is 6.92 Å². The van der Waals surface area contributed by atoms with E-state index in [1.54, 1.807) is 0 Å². The van der Waals surface area contributed by atoms with E-state index in [0.29, 0.717) is 19.4 Å². The number of hydrogen-bond donors (Lipinski definition) is 2. The Labute approximate surface area is 68.1 Å². The standard InChI is InChI=1S/C7H18N4/c1-7-4-10(5-8)2-3-11(7)6-9/h7H,2-6,8-9H2,1H3. The maximum absolute atomic E-state index is 5.56. The molecule has 1 saturated heterocycles. The molecule has 1 aliphatic heterocycles. The first-order valence-corrected chi connectivity index (χ1v) is 4.14. The van der Waals surface area contributed by atoms with Crippen LogP contribution in [0.25, 0.3) is 0 Å². The molecule has 0 amide bonds. The molecule has 4 nitrogen and oxygen atoms in total. The Morgan fingerprint density at radius 2 is 2.00 bits per heavy atom. The number of piperazine rings is 1. The van der Waals surface area contributed by atoms with Crippen molar-refractivity contribution in [3.05, 3.63) is 0 Å². The Kier molecular flexibility index (Phi) is 3.26. The van der Waals surface area contributed by atoms with Crippen LogP contribution in [-0.2, 0) is 0 Å². The second kappa shape index (κ2) is 4.01. The predicted molar refractivity (Wildman–Crippen MR) is 45.8 cm³/mol. The fourth-order valence-corrected chi connectivity index (χ4v) is 1.51. The molecule has 4 N–H and O–H groups in total. The fourth-order valence-electron chi connectivity index (χ4n) is 1.51. The van der Waals surface area contributed by atoms with E-state index in [4.69, 9.17) is 11.5 Å². The fraction of sp³-hybridized carbons (Fsp3) is 1.00. The van der Waals surface area contributed by atoms with Gasteiger partial charge in [-0.15, -0.1) is 0 Å². The topological polar surface area (TPSA) is 58.5 Å². The summed E-state index contributed by atoms with van der Waals surface area (Å²) in [4.78, 5) is 4.52. The van der Waals surface area contributed by atoms with Crippen LogP contribution in [0.15, 0.2) is 0 Å². The van der Waals surface area contributed by atoms with E-state index in [1.165, 1.54) is 0 Å². The van der Waals surface area contributed by atoms with Crippen molar-refractivity contribution >= 4 is 0 Å². The van der Waals surface area contributed by atoms with E-state index < -0.39 is 0 Å². The lowest BCUT2D eigenvalue weighted by Crippen LogP contribution is -2.54. The smallest absolute Gasteiger partial charge is 0.0458 e. The minimum atomic E-state index is 0.553. The molecule has 0 bridgehead atoms. The predicted octanol–water partition coefficient (Wildman–Crippen LogP) is -1.18. The number of hydrogen-bond acceptors (Lipinski definition) is 4. The zero-order valence-electron chi connectivity index (χ0n) is 7.16. The summed E-state index contributed by atoms with van der Waals surface area (Å²) in [6.45, 7) is 6.68. The van der Waals surface area contributed by atoms with Crippen molar-refractivity contribution in [3.8, 4) is 0 Å². The van der Waals surface area contributed by atoms with Gasteiger partial charge in [0.25, 0.3) is 0 Å². The van der Waals surface area contributed by atoms with Crippen LogP contribution in [0.4, 0.5) is 0 Å². The summed E-state index contributed by atoms with van der Waals surface area (Å²) in [6, 6.07) is 0.553. The Morgan fingerprint density at radius 1 is 1.27 bits per heavy atom. The molecule has 1 atom stereocenters. The van der Waals surface area contributed by atoms with Crippen LogP contribution in [0.2, 0.25) is 0 Å². The molecule has 1 heterocycles. The molecule has 4 heteroatoms. The quantitative estimate of drug-likeness (QED) is 0.531. The first kappa shape index (κ1) is 8.93. The Hall–Kier alpha value is -0.160. The molecule has 0 spiro atoms. The lowest BCUT2D eigenvalue weighted by Gasteiger charge is -2.38. The third-order valence-electron chi connectivity index (χ3n) is 2.34. The van der Waals surface area contributed by atoms with Crippen LogP contribution in [0.5, 0.6) is 0 Å². The van der Waals surface area contributed by atoms with Gasteiger partial charge >= 0.3 is 0 Å². The third kappa shape index (κ3) is 2.13. The molecule has 0 saturated carbocycles. The summed E-state index contributed by atoms with van der Waals surface area (Å²) < 4.78 is 0. The highest BCUT2D eigenvalue weighted by Crippen LogP contribution is 2.05. The molecular weight excluding hydrogens is 140 g/mol. The zero-order chi connectivity index (χ0) is 8.27. The highest BCUT2D eigenvalue weighted by atomic mass is 15.3. The molecule has 0 aliphatic carbocycles. The van der Waals surface area contributed by atoms with Crippen molar-refractivity contribution in [2.75, 3.05) is 33.0 Å². The van der Waals surface area contributed by atoms with E-state index in [2.05, 4.69) is 16.7 Å². The van der Waals surface area contributed by atoms with Crippen molar-refractivity contribution < 1.29 is 0 Å². The van der Waals surface area contributed by atoms with Crippen LogP contribution < -0.4 is 11.5 Å². The molecule has 66 valence electrons. The second-order valence-corrected chi connectivity index (χ2v) is 3.10.